The van der Waals surface area contributed by atoms with E-state index in [1.807, 2.05) is 0 Å². The maximum Gasteiger partial charge on any atom is 0.0722 e. The molecule has 0 radical (unpaired) electrons. The van der Waals surface area contributed by atoms with E-state index >= 15 is 0 Å². The van der Waals surface area contributed by atoms with Gasteiger partial charge in [-0.15, -0.1) is 0 Å². The summed E-state index contributed by atoms with van der Waals surface area (Å²) in [4.78, 5) is 3.03. The summed E-state index contributed by atoms with van der Waals surface area (Å²) in [6.07, 6.45) is 20.3. The van der Waals surface area contributed by atoms with Crippen molar-refractivity contribution in [2.24, 2.45) is 29.1 Å². The number of piperidine rings is 1. The third-order valence-electron chi connectivity index (χ3n) is 9.98. The highest BCUT2D eigenvalue weighted by Gasteiger charge is 2.70. The highest BCUT2D eigenvalue weighted by molar-refractivity contribution is 5.29. The SMILES string of the molecule is C1=CC2C3CCC(C45COC(CN4C4CC6CNC4C6)C5)(CC3)C2C=C1. The number of nitrogens with zero attached hydrogens (tertiary/aromatic N) is 1. The maximum absolute atomic E-state index is 6.40. The highest BCUT2D eigenvalue weighted by Crippen LogP contribution is 2.68. The average Bonchev–Trinajstić information content (AvgIpc) is 3.49. The van der Waals surface area contributed by atoms with Gasteiger partial charge in [0.15, 0.2) is 0 Å². The first-order valence-corrected chi connectivity index (χ1v) is 11.3. The van der Waals surface area contributed by atoms with Gasteiger partial charge < -0.3 is 10.1 Å². The Morgan fingerprint density at radius 3 is 2.73 bits per heavy atom. The van der Waals surface area contributed by atoms with E-state index in [-0.39, 0.29) is 0 Å². The summed E-state index contributed by atoms with van der Waals surface area (Å²) >= 11 is 0. The normalized spacial score (nSPS) is 59.5. The Morgan fingerprint density at radius 2 is 1.96 bits per heavy atom. The molecule has 6 bridgehead atoms. The topological polar surface area (TPSA) is 24.5 Å². The van der Waals surface area contributed by atoms with Gasteiger partial charge in [-0.2, -0.15) is 0 Å². The van der Waals surface area contributed by atoms with Gasteiger partial charge in [0, 0.05) is 18.6 Å². The Kier molecular flexibility index (Phi) is 2.97. The van der Waals surface area contributed by atoms with Gasteiger partial charge in [-0.05, 0) is 80.6 Å². The third kappa shape index (κ3) is 1.68. The molecule has 7 unspecified atom stereocenters. The van der Waals surface area contributed by atoms with Crippen molar-refractivity contribution in [3.8, 4) is 0 Å². The zero-order chi connectivity index (χ0) is 16.9. The Hall–Kier alpha value is -0.640. The first kappa shape index (κ1) is 15.3. The zero-order valence-electron chi connectivity index (χ0n) is 15.8. The van der Waals surface area contributed by atoms with Gasteiger partial charge >= 0.3 is 0 Å². The van der Waals surface area contributed by atoms with E-state index in [4.69, 9.17) is 4.74 Å². The number of likely N-dealkylation sites (tertiary alicyclic amines) is 1. The number of morpholine rings is 1. The van der Waals surface area contributed by atoms with Crippen molar-refractivity contribution in [2.45, 2.75) is 68.7 Å². The van der Waals surface area contributed by atoms with E-state index in [9.17, 15) is 0 Å². The van der Waals surface area contributed by atoms with Gasteiger partial charge in [0.1, 0.15) is 0 Å². The molecule has 5 aliphatic carbocycles. The maximum atomic E-state index is 6.40. The summed E-state index contributed by atoms with van der Waals surface area (Å²) in [6.45, 7) is 3.49. The molecule has 0 aromatic heterocycles. The van der Waals surface area contributed by atoms with E-state index in [0.717, 1.165) is 42.4 Å². The summed E-state index contributed by atoms with van der Waals surface area (Å²) in [7, 11) is 0. The van der Waals surface area contributed by atoms with Gasteiger partial charge in [0.05, 0.1) is 18.2 Å². The molecule has 1 N–H and O–H groups in total. The van der Waals surface area contributed by atoms with E-state index in [0.29, 0.717) is 17.1 Å². The van der Waals surface area contributed by atoms with Crippen LogP contribution >= 0.6 is 0 Å². The number of allylic oxidation sites excluding steroid dienone is 4. The van der Waals surface area contributed by atoms with Crippen LogP contribution in [0, 0.1) is 29.1 Å². The first-order chi connectivity index (χ1) is 12.8. The van der Waals surface area contributed by atoms with Crippen LogP contribution in [0.25, 0.3) is 0 Å². The van der Waals surface area contributed by atoms with Gasteiger partial charge in [0.2, 0.25) is 0 Å². The van der Waals surface area contributed by atoms with Crippen LogP contribution < -0.4 is 5.32 Å². The zero-order valence-corrected chi connectivity index (χ0v) is 15.8. The fourth-order valence-corrected chi connectivity index (χ4v) is 8.99. The van der Waals surface area contributed by atoms with Crippen LogP contribution in [0.4, 0.5) is 0 Å². The summed E-state index contributed by atoms with van der Waals surface area (Å²) in [6, 6.07) is 1.53. The summed E-state index contributed by atoms with van der Waals surface area (Å²) in [5, 5.41) is 3.85. The standard InChI is InChI=1S/C23H32N2O/c1-2-4-19-18(3-1)16-5-7-22(19,8-6-16)23-11-17(26-14-23)13-25(23)21-10-15-9-20(21)24-12-15/h1-4,15-21,24H,5-14H2. The summed E-state index contributed by atoms with van der Waals surface area (Å²) in [5.41, 5.74) is 0.777. The average molecular weight is 353 g/mol. The van der Waals surface area contributed by atoms with Crippen molar-refractivity contribution in [1.82, 2.24) is 10.2 Å². The predicted molar refractivity (Wildman–Crippen MR) is 102 cm³/mol. The van der Waals surface area contributed by atoms with Crippen molar-refractivity contribution in [3.63, 3.8) is 0 Å². The van der Waals surface area contributed by atoms with Crippen molar-refractivity contribution < 1.29 is 4.74 Å². The van der Waals surface area contributed by atoms with E-state index < -0.39 is 0 Å². The Bertz CT molecular complexity index is 678. The second kappa shape index (κ2) is 5.04. The van der Waals surface area contributed by atoms with E-state index in [1.165, 1.54) is 58.0 Å². The number of hydrogen-bond donors (Lipinski definition) is 1. The molecule has 0 amide bonds. The lowest BCUT2D eigenvalue weighted by atomic mass is 9.44. The van der Waals surface area contributed by atoms with Crippen LogP contribution in [-0.2, 0) is 4.74 Å². The molecule has 3 nitrogen and oxygen atoms in total. The van der Waals surface area contributed by atoms with Crippen molar-refractivity contribution in [3.05, 3.63) is 24.3 Å². The number of hydrogen-bond acceptors (Lipinski definition) is 3. The number of ether oxygens (including phenoxy) is 1. The van der Waals surface area contributed by atoms with Crippen LogP contribution in [0.5, 0.6) is 0 Å². The molecule has 8 aliphatic rings. The molecule has 3 heteroatoms. The summed E-state index contributed by atoms with van der Waals surface area (Å²) in [5.74, 6) is 3.44. The fraction of sp³-hybridized carbons (Fsp3) is 0.826. The fourth-order valence-electron chi connectivity index (χ4n) is 8.99. The van der Waals surface area contributed by atoms with Crippen LogP contribution in [0.1, 0.15) is 44.9 Å². The molecular weight excluding hydrogens is 320 g/mol. The molecule has 0 aromatic rings. The van der Waals surface area contributed by atoms with Crippen LogP contribution in [0.15, 0.2) is 24.3 Å². The molecule has 140 valence electrons. The Morgan fingerprint density at radius 1 is 1.08 bits per heavy atom. The molecule has 0 aromatic carbocycles. The molecule has 3 saturated heterocycles. The number of rotatable bonds is 2. The number of nitrogens with one attached hydrogen (secondary N) is 1. The van der Waals surface area contributed by atoms with Crippen LogP contribution in [-0.4, -0.2) is 48.3 Å². The first-order valence-electron chi connectivity index (χ1n) is 11.3. The lowest BCUT2D eigenvalue weighted by Crippen LogP contribution is -2.69. The van der Waals surface area contributed by atoms with Gasteiger partial charge in [-0.25, -0.2) is 0 Å². The summed E-state index contributed by atoms with van der Waals surface area (Å²) < 4.78 is 6.40. The monoisotopic (exact) mass is 352 g/mol. The van der Waals surface area contributed by atoms with Crippen molar-refractivity contribution >= 4 is 0 Å². The van der Waals surface area contributed by atoms with Gasteiger partial charge in [-0.1, -0.05) is 24.3 Å². The minimum absolute atomic E-state index is 0.318. The Balaban J connectivity index is 1.33. The van der Waals surface area contributed by atoms with Crippen LogP contribution in [0.3, 0.4) is 0 Å². The van der Waals surface area contributed by atoms with Crippen molar-refractivity contribution in [1.29, 1.82) is 0 Å². The molecule has 8 rings (SSSR count). The van der Waals surface area contributed by atoms with Crippen LogP contribution in [0.2, 0.25) is 0 Å². The highest BCUT2D eigenvalue weighted by atomic mass is 16.5. The largest absolute Gasteiger partial charge is 0.375 e. The molecule has 0 spiro atoms. The van der Waals surface area contributed by atoms with Crippen molar-refractivity contribution in [2.75, 3.05) is 19.7 Å². The van der Waals surface area contributed by atoms with Gasteiger partial charge in [-0.3, -0.25) is 4.90 Å². The molecule has 3 aliphatic heterocycles. The quantitative estimate of drug-likeness (QED) is 0.826. The molecule has 7 atom stereocenters. The molecule has 7 fully saturated rings. The minimum atomic E-state index is 0.318. The van der Waals surface area contributed by atoms with E-state index in [2.05, 4.69) is 34.5 Å². The minimum Gasteiger partial charge on any atom is -0.375 e. The molecular formula is C23H32N2O. The molecule has 4 saturated carbocycles. The van der Waals surface area contributed by atoms with E-state index in [1.54, 1.807) is 0 Å². The lowest BCUT2D eigenvalue weighted by Gasteiger charge is -2.65. The smallest absolute Gasteiger partial charge is 0.0722 e. The third-order valence-corrected chi connectivity index (χ3v) is 9.98. The second-order valence-electron chi connectivity index (χ2n) is 10.6. The molecule has 3 heterocycles. The second-order valence-corrected chi connectivity index (χ2v) is 10.6. The molecule has 26 heavy (non-hydrogen) atoms. The number of fused-ring (bicyclic) bond motifs is 6. The van der Waals surface area contributed by atoms with Gasteiger partial charge in [0.25, 0.3) is 0 Å². The Labute approximate surface area is 157 Å². The predicted octanol–water partition coefficient (Wildman–Crippen LogP) is 3.13. The lowest BCUT2D eigenvalue weighted by molar-refractivity contribution is -0.161.